The molecule has 0 heterocycles. The van der Waals surface area contributed by atoms with Crippen LogP contribution in [-0.4, -0.2) is 60.9 Å². The summed E-state index contributed by atoms with van der Waals surface area (Å²) in [5, 5.41) is 9.38. The van der Waals surface area contributed by atoms with E-state index in [-0.39, 0.29) is 26.1 Å². The van der Waals surface area contributed by atoms with Crippen LogP contribution in [0.1, 0.15) is 12.8 Å². The Balaban J connectivity index is 3.67. The molecule has 0 saturated carbocycles. The summed E-state index contributed by atoms with van der Waals surface area (Å²) in [6.45, 7) is 2.89. The number of esters is 3. The summed E-state index contributed by atoms with van der Waals surface area (Å²) in [7, 11) is 0. The van der Waals surface area contributed by atoms with Crippen LogP contribution in [0.25, 0.3) is 0 Å². The molecule has 120 valence electrons. The van der Waals surface area contributed by atoms with Crippen LogP contribution in [-0.2, 0) is 28.6 Å². The van der Waals surface area contributed by atoms with Crippen LogP contribution >= 0.6 is 11.8 Å². The van der Waals surface area contributed by atoms with E-state index in [1.807, 2.05) is 6.26 Å². The Morgan fingerprint density at radius 3 is 2.29 bits per heavy atom. The molecule has 1 N–H and O–H groups in total. The van der Waals surface area contributed by atoms with E-state index in [2.05, 4.69) is 11.3 Å². The van der Waals surface area contributed by atoms with Gasteiger partial charge in [-0.15, -0.1) is 0 Å². The van der Waals surface area contributed by atoms with Gasteiger partial charge in [0.2, 0.25) is 0 Å². The predicted octanol–water partition coefficient (Wildman–Crippen LogP) is 0.306. The Kier molecular flexibility index (Phi) is 11.3. The molecule has 0 saturated heterocycles. The summed E-state index contributed by atoms with van der Waals surface area (Å²) >= 11 is 1.55. The van der Waals surface area contributed by atoms with Crippen molar-refractivity contribution in [2.75, 3.05) is 31.8 Å². The average molecular weight is 320 g/mol. The van der Waals surface area contributed by atoms with Crippen molar-refractivity contribution in [3.8, 4) is 0 Å². The van der Waals surface area contributed by atoms with Crippen molar-refractivity contribution in [3.05, 3.63) is 12.7 Å². The quantitative estimate of drug-likeness (QED) is 0.251. The number of carbonyl (C=O) groups is 3. The molecule has 0 radical (unpaired) electrons. The van der Waals surface area contributed by atoms with E-state index >= 15 is 0 Å². The molecule has 0 aromatic rings. The lowest BCUT2D eigenvalue weighted by Gasteiger charge is -2.11. The maximum absolute atomic E-state index is 11.3. The zero-order valence-corrected chi connectivity index (χ0v) is 12.7. The van der Waals surface area contributed by atoms with Crippen molar-refractivity contribution in [2.24, 2.45) is 0 Å². The van der Waals surface area contributed by atoms with Crippen molar-refractivity contribution in [2.45, 2.75) is 18.9 Å². The van der Waals surface area contributed by atoms with Crippen molar-refractivity contribution in [1.29, 1.82) is 0 Å². The van der Waals surface area contributed by atoms with E-state index in [9.17, 15) is 19.5 Å². The number of ether oxygens (including phenoxy) is 3. The summed E-state index contributed by atoms with van der Waals surface area (Å²) in [5.74, 6) is -1.08. The van der Waals surface area contributed by atoms with Crippen LogP contribution in [0.3, 0.4) is 0 Å². The van der Waals surface area contributed by atoms with Crippen LogP contribution in [0.4, 0.5) is 0 Å². The van der Waals surface area contributed by atoms with Gasteiger partial charge in [-0.3, -0.25) is 9.59 Å². The number of aliphatic hydroxyl groups excluding tert-OH is 1. The van der Waals surface area contributed by atoms with Crippen LogP contribution in [0.5, 0.6) is 0 Å². The second kappa shape index (κ2) is 12.2. The minimum absolute atomic E-state index is 0.0746. The molecule has 0 aliphatic heterocycles. The van der Waals surface area contributed by atoms with Gasteiger partial charge in [-0.25, -0.2) is 4.79 Å². The molecule has 0 spiro atoms. The van der Waals surface area contributed by atoms with Gasteiger partial charge in [0.05, 0.1) is 12.8 Å². The maximum Gasteiger partial charge on any atom is 0.330 e. The second-order valence-corrected chi connectivity index (χ2v) is 4.87. The summed E-state index contributed by atoms with van der Waals surface area (Å²) in [6, 6.07) is 0. The third-order valence-electron chi connectivity index (χ3n) is 2.11. The Hall–Kier alpha value is -1.54. The van der Waals surface area contributed by atoms with Crippen LogP contribution in [0.15, 0.2) is 12.7 Å². The van der Waals surface area contributed by atoms with E-state index in [1.165, 1.54) is 0 Å². The maximum atomic E-state index is 11.3. The fourth-order valence-corrected chi connectivity index (χ4v) is 1.31. The molecular weight excluding hydrogens is 300 g/mol. The lowest BCUT2D eigenvalue weighted by atomic mass is 10.3. The van der Waals surface area contributed by atoms with E-state index in [0.29, 0.717) is 12.4 Å². The third kappa shape index (κ3) is 11.9. The minimum atomic E-state index is -1.12. The lowest BCUT2D eigenvalue weighted by Crippen LogP contribution is -2.25. The first-order valence-electron chi connectivity index (χ1n) is 6.27. The number of thioether (sulfide) groups is 1. The number of carbonyl (C=O) groups excluding carboxylic acids is 3. The molecule has 7 nitrogen and oxygen atoms in total. The molecule has 0 aliphatic carbocycles. The van der Waals surface area contributed by atoms with Crippen molar-refractivity contribution < 1.29 is 33.7 Å². The molecule has 1 unspecified atom stereocenters. The van der Waals surface area contributed by atoms with Crippen LogP contribution < -0.4 is 0 Å². The fourth-order valence-electron chi connectivity index (χ4n) is 1.06. The number of hydrogen-bond acceptors (Lipinski definition) is 8. The average Bonchev–Trinajstić information content (AvgIpc) is 2.48. The van der Waals surface area contributed by atoms with Crippen molar-refractivity contribution >= 4 is 29.7 Å². The second-order valence-electron chi connectivity index (χ2n) is 3.88. The predicted molar refractivity (Wildman–Crippen MR) is 76.7 cm³/mol. The summed E-state index contributed by atoms with van der Waals surface area (Å²) in [4.78, 5) is 33.3. The summed E-state index contributed by atoms with van der Waals surface area (Å²) in [6.07, 6.45) is 1.53. The van der Waals surface area contributed by atoms with Gasteiger partial charge in [0.15, 0.2) is 0 Å². The number of rotatable bonds is 11. The largest absolute Gasteiger partial charge is 0.465 e. The molecule has 21 heavy (non-hydrogen) atoms. The topological polar surface area (TPSA) is 99.1 Å². The van der Waals surface area contributed by atoms with E-state index in [0.717, 1.165) is 6.08 Å². The molecule has 0 aliphatic rings. The number of hydrogen-bond donors (Lipinski definition) is 1. The van der Waals surface area contributed by atoms with Crippen LogP contribution in [0.2, 0.25) is 0 Å². The molecular formula is C13H20O7S. The highest BCUT2D eigenvalue weighted by Gasteiger charge is 2.12. The van der Waals surface area contributed by atoms with E-state index < -0.39 is 24.0 Å². The zero-order chi connectivity index (χ0) is 16.1. The smallest absolute Gasteiger partial charge is 0.330 e. The zero-order valence-electron chi connectivity index (χ0n) is 11.9. The van der Waals surface area contributed by atoms with Gasteiger partial charge in [0.1, 0.15) is 25.9 Å². The monoisotopic (exact) mass is 320 g/mol. The fraction of sp³-hybridized carbons (Fsp3) is 0.615. The molecule has 0 aromatic heterocycles. The normalized spacial score (nSPS) is 11.3. The number of aliphatic hydroxyl groups is 1. The standard InChI is InChI=1S/C13H20O7S/c1-3-11(15)19-8-10(14)9-20-13(17)5-4-12(16)18-6-7-21-2/h3,10,14H,1,4-9H2,2H3. The Bertz CT molecular complexity index is 356. The Labute approximate surface area is 127 Å². The molecule has 0 fully saturated rings. The Morgan fingerprint density at radius 2 is 1.71 bits per heavy atom. The highest BCUT2D eigenvalue weighted by Crippen LogP contribution is 1.99. The Morgan fingerprint density at radius 1 is 1.14 bits per heavy atom. The van der Waals surface area contributed by atoms with Gasteiger partial charge >= 0.3 is 17.9 Å². The first-order chi connectivity index (χ1) is 9.99. The van der Waals surface area contributed by atoms with Gasteiger partial charge in [-0.2, -0.15) is 11.8 Å². The summed E-state index contributed by atoms with van der Waals surface area (Å²) < 4.78 is 14.1. The van der Waals surface area contributed by atoms with Gasteiger partial charge < -0.3 is 19.3 Å². The van der Waals surface area contributed by atoms with Gasteiger partial charge in [-0.1, -0.05) is 6.58 Å². The first kappa shape index (κ1) is 19.5. The van der Waals surface area contributed by atoms with Gasteiger partial charge in [-0.05, 0) is 6.26 Å². The van der Waals surface area contributed by atoms with Crippen molar-refractivity contribution in [3.63, 3.8) is 0 Å². The third-order valence-corrected chi connectivity index (χ3v) is 2.68. The minimum Gasteiger partial charge on any atom is -0.465 e. The van der Waals surface area contributed by atoms with Gasteiger partial charge in [0, 0.05) is 11.8 Å². The van der Waals surface area contributed by atoms with Gasteiger partial charge in [0.25, 0.3) is 0 Å². The summed E-state index contributed by atoms with van der Waals surface area (Å²) in [5.41, 5.74) is 0. The van der Waals surface area contributed by atoms with Crippen LogP contribution in [0, 0.1) is 0 Å². The molecule has 0 aromatic carbocycles. The van der Waals surface area contributed by atoms with Crippen molar-refractivity contribution in [1.82, 2.24) is 0 Å². The SMILES string of the molecule is C=CC(=O)OCC(O)COC(=O)CCC(=O)OCCSC. The van der Waals surface area contributed by atoms with E-state index in [4.69, 9.17) is 9.47 Å². The molecule has 0 rings (SSSR count). The van der Waals surface area contributed by atoms with E-state index in [1.54, 1.807) is 11.8 Å². The lowest BCUT2D eigenvalue weighted by molar-refractivity contribution is -0.153. The molecule has 8 heteroatoms. The first-order valence-corrected chi connectivity index (χ1v) is 7.66. The molecule has 0 amide bonds. The molecule has 1 atom stereocenters. The highest BCUT2D eigenvalue weighted by molar-refractivity contribution is 7.98. The molecule has 0 bridgehead atoms. The highest BCUT2D eigenvalue weighted by atomic mass is 32.2.